The van der Waals surface area contributed by atoms with Crippen LogP contribution in [0, 0.1) is 5.41 Å². The van der Waals surface area contributed by atoms with Crippen molar-refractivity contribution in [2.75, 3.05) is 10.6 Å². The van der Waals surface area contributed by atoms with Gasteiger partial charge in [0.15, 0.2) is 0 Å². The Morgan fingerprint density at radius 2 is 1.96 bits per heavy atom. The van der Waals surface area contributed by atoms with E-state index in [2.05, 4.69) is 15.7 Å². The minimum atomic E-state index is -3.13. The van der Waals surface area contributed by atoms with Crippen molar-refractivity contribution < 1.29 is 18.4 Å². The summed E-state index contributed by atoms with van der Waals surface area (Å²) in [6.45, 7) is 8.03. The Morgan fingerprint density at radius 3 is 2.48 bits per heavy atom. The minimum absolute atomic E-state index is 0.0363. The number of alkyl halides is 2. The summed E-state index contributed by atoms with van der Waals surface area (Å²) in [5, 5.41) is 9.38. The third kappa shape index (κ3) is 4.04. The lowest BCUT2D eigenvalue weighted by atomic mass is 9.88. The predicted octanol–water partition coefficient (Wildman–Crippen LogP) is 2.48. The third-order valence-corrected chi connectivity index (χ3v) is 4.03. The van der Waals surface area contributed by atoms with Crippen LogP contribution >= 0.6 is 0 Å². The molecule has 0 bridgehead atoms. The highest BCUT2D eigenvalue weighted by Gasteiger charge is 2.24. The van der Waals surface area contributed by atoms with Crippen LogP contribution in [0.4, 0.5) is 20.2 Å². The highest BCUT2D eigenvalue weighted by molar-refractivity contribution is 6.03. The maximum absolute atomic E-state index is 12.4. The second-order valence-corrected chi connectivity index (χ2v) is 6.88. The first kappa shape index (κ1) is 18.6. The fourth-order valence-electron chi connectivity index (χ4n) is 2.09. The number of carbonyl (C=O) groups is 2. The average Bonchev–Trinajstić information content (AvgIpc) is 2.88. The Balaban J connectivity index is 2.51. The number of hydrogen-bond donors (Lipinski definition) is 3. The molecule has 4 N–H and O–H groups in total. The fourth-order valence-corrected chi connectivity index (χ4v) is 2.09. The quantitative estimate of drug-likeness (QED) is 0.768. The third-order valence-electron chi connectivity index (χ3n) is 4.03. The molecule has 0 aliphatic heterocycles. The van der Waals surface area contributed by atoms with Crippen molar-refractivity contribution in [3.63, 3.8) is 0 Å². The molecule has 0 radical (unpaired) electrons. The highest BCUT2D eigenvalue weighted by atomic mass is 19.3. The number of nitrogens with zero attached hydrogens (tertiary/aromatic N) is 2. The van der Waals surface area contributed by atoms with Crippen molar-refractivity contribution in [2.24, 2.45) is 11.1 Å². The summed E-state index contributed by atoms with van der Waals surface area (Å²) in [6.07, 6.45) is -0.449. The van der Waals surface area contributed by atoms with Gasteiger partial charge in [-0.3, -0.25) is 9.59 Å². The Bertz CT molecular complexity index is 811. The molecule has 0 aromatic carbocycles. The molecule has 2 rings (SSSR count). The summed E-state index contributed by atoms with van der Waals surface area (Å²) in [4.78, 5) is 22.9. The number of carbonyl (C=O) groups excluding carboxylic acids is 2. The van der Waals surface area contributed by atoms with E-state index in [1.807, 2.05) is 27.7 Å². The monoisotopic (exact) mass is 353 g/mol. The minimum Gasteiger partial charge on any atom is -0.380 e. The zero-order chi connectivity index (χ0) is 18.9. The average molecular weight is 353 g/mol. The van der Waals surface area contributed by atoms with Gasteiger partial charge in [0.2, 0.25) is 0 Å². The van der Waals surface area contributed by atoms with Crippen LogP contribution in [0.5, 0.6) is 0 Å². The van der Waals surface area contributed by atoms with Crippen LogP contribution in [-0.4, -0.2) is 33.9 Å². The summed E-state index contributed by atoms with van der Waals surface area (Å²) in [6, 6.07) is 1.42. The standard InChI is InChI=1S/C16H21F2N5O2/c1-8(16(2,3)4)21-12-10(14(19)24)6-20-23-7-9(5-11(12)23)22-15(25)13(17)18/h5-8,13,21H,1-4H3,(H2,19,24)(H,22,25). The second-order valence-electron chi connectivity index (χ2n) is 6.88. The van der Waals surface area contributed by atoms with Gasteiger partial charge in [-0.05, 0) is 18.4 Å². The summed E-state index contributed by atoms with van der Waals surface area (Å²) in [5.41, 5.74) is 6.50. The number of primary amides is 1. The van der Waals surface area contributed by atoms with Crippen molar-refractivity contribution >= 4 is 28.7 Å². The van der Waals surface area contributed by atoms with E-state index in [-0.39, 0.29) is 22.7 Å². The van der Waals surface area contributed by atoms with Gasteiger partial charge >= 0.3 is 6.43 Å². The maximum Gasteiger partial charge on any atom is 0.315 e. The molecule has 2 heterocycles. The molecule has 1 unspecified atom stereocenters. The zero-order valence-electron chi connectivity index (χ0n) is 14.4. The van der Waals surface area contributed by atoms with Gasteiger partial charge in [0, 0.05) is 6.04 Å². The largest absolute Gasteiger partial charge is 0.380 e. The van der Waals surface area contributed by atoms with Crippen LogP contribution in [0.25, 0.3) is 5.52 Å². The van der Waals surface area contributed by atoms with Crippen molar-refractivity contribution in [3.05, 3.63) is 24.0 Å². The van der Waals surface area contributed by atoms with Crippen LogP contribution in [-0.2, 0) is 4.79 Å². The zero-order valence-corrected chi connectivity index (χ0v) is 14.4. The second kappa shape index (κ2) is 6.66. The number of hydrogen-bond acceptors (Lipinski definition) is 4. The van der Waals surface area contributed by atoms with E-state index in [9.17, 15) is 18.4 Å². The Morgan fingerprint density at radius 1 is 1.32 bits per heavy atom. The highest BCUT2D eigenvalue weighted by Crippen LogP contribution is 2.29. The summed E-state index contributed by atoms with van der Waals surface area (Å²) >= 11 is 0. The lowest BCUT2D eigenvalue weighted by molar-refractivity contribution is -0.126. The molecule has 0 aliphatic carbocycles. The molecule has 0 aliphatic rings. The van der Waals surface area contributed by atoms with Crippen LogP contribution < -0.4 is 16.4 Å². The molecule has 1 atom stereocenters. The molecule has 2 aromatic rings. The lowest BCUT2D eigenvalue weighted by Crippen LogP contribution is -2.32. The molecule has 2 aromatic heterocycles. The summed E-state index contributed by atoms with van der Waals surface area (Å²) in [7, 11) is 0. The van der Waals surface area contributed by atoms with Crippen molar-refractivity contribution in [1.29, 1.82) is 0 Å². The number of aromatic nitrogens is 2. The number of fused-ring (bicyclic) bond motifs is 1. The molecule has 9 heteroatoms. The lowest BCUT2D eigenvalue weighted by Gasteiger charge is -2.29. The summed E-state index contributed by atoms with van der Waals surface area (Å²) in [5.74, 6) is -2.08. The molecule has 0 fully saturated rings. The molecule has 136 valence electrons. The Hall–Kier alpha value is -2.71. The molecule has 0 spiro atoms. The van der Waals surface area contributed by atoms with Crippen LogP contribution in [0.3, 0.4) is 0 Å². The SMILES string of the molecule is CC(Nc1c(C(N)=O)cnn2cc(NC(=O)C(F)F)cc12)C(C)(C)C. The normalized spacial score (nSPS) is 13.1. The number of nitrogens with two attached hydrogens (primary N) is 1. The number of rotatable bonds is 5. The van der Waals surface area contributed by atoms with Gasteiger partial charge in [-0.15, -0.1) is 0 Å². The van der Waals surface area contributed by atoms with E-state index in [0.29, 0.717) is 11.2 Å². The van der Waals surface area contributed by atoms with Crippen LogP contribution in [0.15, 0.2) is 18.5 Å². The molecular weight excluding hydrogens is 332 g/mol. The number of anilines is 2. The van der Waals surface area contributed by atoms with Crippen LogP contribution in [0.2, 0.25) is 0 Å². The Kier molecular flexibility index (Phi) is 4.96. The molecule has 25 heavy (non-hydrogen) atoms. The van der Waals surface area contributed by atoms with E-state index in [0.717, 1.165) is 0 Å². The number of nitrogens with one attached hydrogen (secondary N) is 2. The first-order valence-electron chi connectivity index (χ1n) is 7.67. The van der Waals surface area contributed by atoms with E-state index >= 15 is 0 Å². The van der Waals surface area contributed by atoms with Gasteiger partial charge in [-0.2, -0.15) is 13.9 Å². The maximum atomic E-state index is 12.4. The first-order chi connectivity index (χ1) is 11.5. The molecule has 2 amide bonds. The van der Waals surface area contributed by atoms with E-state index in [1.165, 1.54) is 23.0 Å². The smallest absolute Gasteiger partial charge is 0.315 e. The van der Waals surface area contributed by atoms with Crippen LogP contribution in [0.1, 0.15) is 38.1 Å². The fraction of sp³-hybridized carbons (Fsp3) is 0.438. The molecule has 0 saturated carbocycles. The topological polar surface area (TPSA) is 102 Å². The van der Waals surface area contributed by atoms with Gasteiger partial charge in [0.05, 0.1) is 34.8 Å². The summed E-state index contributed by atoms with van der Waals surface area (Å²) < 4.78 is 26.2. The number of halogens is 2. The molecular formula is C16H21F2N5O2. The van der Waals surface area contributed by atoms with E-state index < -0.39 is 18.2 Å². The van der Waals surface area contributed by atoms with E-state index in [4.69, 9.17) is 5.73 Å². The van der Waals surface area contributed by atoms with Crippen molar-refractivity contribution in [1.82, 2.24) is 9.61 Å². The van der Waals surface area contributed by atoms with Crippen molar-refractivity contribution in [3.8, 4) is 0 Å². The van der Waals surface area contributed by atoms with E-state index in [1.54, 1.807) is 0 Å². The van der Waals surface area contributed by atoms with Gasteiger partial charge < -0.3 is 16.4 Å². The first-order valence-corrected chi connectivity index (χ1v) is 7.67. The van der Waals surface area contributed by atoms with Crippen molar-refractivity contribution in [2.45, 2.75) is 40.2 Å². The molecule has 0 saturated heterocycles. The van der Waals surface area contributed by atoms with Gasteiger partial charge in [0.1, 0.15) is 0 Å². The predicted molar refractivity (Wildman–Crippen MR) is 90.9 cm³/mol. The number of amides is 2. The van der Waals surface area contributed by atoms with Gasteiger partial charge in [0.25, 0.3) is 11.8 Å². The Labute approximate surface area is 143 Å². The van der Waals surface area contributed by atoms with Gasteiger partial charge in [-0.1, -0.05) is 20.8 Å². The molecule has 7 nitrogen and oxygen atoms in total. The van der Waals surface area contributed by atoms with Gasteiger partial charge in [-0.25, -0.2) is 4.52 Å².